The summed E-state index contributed by atoms with van der Waals surface area (Å²) in [4.78, 5) is 22.1. The van der Waals surface area contributed by atoms with Crippen LogP contribution >= 0.6 is 0 Å². The number of rotatable bonds is 15. The first-order valence-corrected chi connectivity index (χ1v) is 8.88. The molecule has 0 rings (SSSR count). The number of carbonyl (C=O) groups is 2. The van der Waals surface area contributed by atoms with Gasteiger partial charge in [-0.3, -0.25) is 0 Å². The molecule has 0 radical (unpaired) electrons. The van der Waals surface area contributed by atoms with E-state index in [0.717, 1.165) is 25.7 Å². The molecule has 0 bridgehead atoms. The Morgan fingerprint density at radius 3 is 1.44 bits per heavy atom. The summed E-state index contributed by atoms with van der Waals surface area (Å²) >= 11 is 0. The summed E-state index contributed by atoms with van der Waals surface area (Å²) in [7, 11) is 0. The van der Waals surface area contributed by atoms with Gasteiger partial charge in [0.25, 0.3) is 0 Å². The van der Waals surface area contributed by atoms with Crippen LogP contribution in [0.3, 0.4) is 0 Å². The summed E-state index contributed by atoms with van der Waals surface area (Å²) in [5.74, 6) is -3.72. The Labute approximate surface area is 202 Å². The molecule has 0 aromatic carbocycles. The molecule has 0 unspecified atom stereocenters. The first-order chi connectivity index (χ1) is 12.2. The maximum absolute atomic E-state index is 11.1. The van der Waals surface area contributed by atoms with Crippen LogP contribution in [0.2, 0.25) is 0 Å². The van der Waals surface area contributed by atoms with Crippen LogP contribution in [0, 0.1) is 0 Å². The molecule has 0 atom stereocenters. The number of unbranched alkanes of at least 4 members (excludes halogenated alkanes) is 11. The first-order valence-electron chi connectivity index (χ1n) is 10.4. The minimum absolute atomic E-state index is 0. The van der Waals surface area contributed by atoms with Gasteiger partial charge in [-0.05, 0) is 30.8 Å². The molecular formula is C19H32Na2O4. The van der Waals surface area contributed by atoms with Crippen molar-refractivity contribution < 1.29 is 83.0 Å². The van der Waals surface area contributed by atoms with Gasteiger partial charge >= 0.3 is 59.1 Å². The molecule has 4 nitrogen and oxygen atoms in total. The Balaban J connectivity index is -0.00000312. The Morgan fingerprint density at radius 1 is 0.720 bits per heavy atom. The second-order valence-electron chi connectivity index (χ2n) is 6.07. The summed E-state index contributed by atoms with van der Waals surface area (Å²) in [5, 5.41) is 22.1. The molecule has 0 fully saturated rings. The van der Waals surface area contributed by atoms with Crippen molar-refractivity contribution in [2.24, 2.45) is 0 Å². The molecule has 0 amide bonds. The van der Waals surface area contributed by atoms with E-state index in [1.165, 1.54) is 44.9 Å². The van der Waals surface area contributed by atoms with Gasteiger partial charge < -0.3 is 19.8 Å². The maximum Gasteiger partial charge on any atom is 1.00 e. The zero-order valence-electron chi connectivity index (χ0n) is 19.3. The van der Waals surface area contributed by atoms with Gasteiger partial charge in [0.15, 0.2) is 0 Å². The number of carboxylic acids is 2. The van der Waals surface area contributed by atoms with Gasteiger partial charge in [0, 0.05) is 4.11 Å². The quantitative estimate of drug-likeness (QED) is 0.173. The predicted octanol–water partition coefficient (Wildman–Crippen LogP) is -3.10. The maximum atomic E-state index is 11.1. The second kappa shape index (κ2) is 21.0. The zero-order chi connectivity index (χ0) is 20.0. The Hall–Kier alpha value is 0.680. The van der Waals surface area contributed by atoms with E-state index >= 15 is 0 Å². The number of aliphatic carboxylic acids is 2. The molecule has 0 aromatic rings. The zero-order valence-corrected chi connectivity index (χ0v) is 20.3. The number of carboxylic acid groups (broad SMARTS) is 2. The van der Waals surface area contributed by atoms with Crippen LogP contribution in [0.15, 0.2) is 11.1 Å². The smallest absolute Gasteiger partial charge is 0.545 e. The average Bonchev–Trinajstić information content (AvgIpc) is 2.52. The predicted molar refractivity (Wildman–Crippen MR) is 88.4 cm³/mol. The molecule has 0 aromatic heterocycles. The van der Waals surface area contributed by atoms with Gasteiger partial charge in [-0.2, -0.15) is 0 Å². The van der Waals surface area contributed by atoms with Gasteiger partial charge in [-0.15, -0.1) is 0 Å². The SMILES string of the molecule is [2H]C([2H])([2H])/C(C(=O)[O-])=C(\CCCCCCCCCCCCCC)C(=O)[O-].[Na+].[Na+]. The standard InChI is InChI=1S/C19H34O4.2Na/c1-3-4-5-6-7-8-9-10-11-12-13-14-15-17(19(22)23)16(2)18(20)21;;/h3-15H2,1-2H3,(H,20,21)(H,22,23);;/q;2*+1/p-2/b17-16-;;/i2D3;;. The molecule has 0 saturated carbocycles. The molecular weight excluding hydrogens is 338 g/mol. The van der Waals surface area contributed by atoms with Crippen LogP contribution < -0.4 is 69.3 Å². The summed E-state index contributed by atoms with van der Waals surface area (Å²) in [5.41, 5.74) is -1.81. The van der Waals surface area contributed by atoms with Crippen molar-refractivity contribution in [2.45, 2.75) is 97.2 Å². The van der Waals surface area contributed by atoms with E-state index in [0.29, 0.717) is 6.42 Å². The van der Waals surface area contributed by atoms with E-state index in [9.17, 15) is 19.8 Å². The van der Waals surface area contributed by atoms with E-state index < -0.39 is 29.9 Å². The van der Waals surface area contributed by atoms with Crippen LogP contribution in [0.1, 0.15) is 101 Å². The fraction of sp³-hybridized carbons (Fsp3) is 0.789. The van der Waals surface area contributed by atoms with Crippen molar-refractivity contribution >= 4 is 11.9 Å². The Bertz CT molecular complexity index is 467. The molecule has 134 valence electrons. The van der Waals surface area contributed by atoms with Gasteiger partial charge in [-0.25, -0.2) is 0 Å². The molecule has 0 aliphatic heterocycles. The van der Waals surface area contributed by atoms with Gasteiger partial charge in [0.2, 0.25) is 0 Å². The number of hydrogen-bond donors (Lipinski definition) is 0. The monoisotopic (exact) mass is 373 g/mol. The Morgan fingerprint density at radius 2 is 1.12 bits per heavy atom. The van der Waals surface area contributed by atoms with Crippen molar-refractivity contribution in [3.63, 3.8) is 0 Å². The van der Waals surface area contributed by atoms with E-state index in [4.69, 9.17) is 4.11 Å². The van der Waals surface area contributed by atoms with Crippen molar-refractivity contribution in [3.05, 3.63) is 11.1 Å². The minimum Gasteiger partial charge on any atom is -0.545 e. The topological polar surface area (TPSA) is 80.3 Å². The van der Waals surface area contributed by atoms with Crippen LogP contribution in [0.25, 0.3) is 0 Å². The summed E-state index contributed by atoms with van der Waals surface area (Å²) in [6, 6.07) is 0. The van der Waals surface area contributed by atoms with E-state index in [-0.39, 0.29) is 65.5 Å². The summed E-state index contributed by atoms with van der Waals surface area (Å²) < 4.78 is 21.5. The molecule has 25 heavy (non-hydrogen) atoms. The largest absolute Gasteiger partial charge is 1.00 e. The number of hydrogen-bond acceptors (Lipinski definition) is 4. The molecule has 0 saturated heterocycles. The normalized spacial score (nSPS) is 13.4. The van der Waals surface area contributed by atoms with Crippen LogP contribution in [-0.2, 0) is 9.59 Å². The van der Waals surface area contributed by atoms with Crippen LogP contribution in [0.5, 0.6) is 0 Å². The third-order valence-corrected chi connectivity index (χ3v) is 4.03. The van der Waals surface area contributed by atoms with E-state index in [1.54, 1.807) is 0 Å². The summed E-state index contributed by atoms with van der Waals surface area (Å²) in [6.45, 7) is -0.820. The van der Waals surface area contributed by atoms with Crippen LogP contribution in [0.4, 0.5) is 0 Å². The van der Waals surface area contributed by atoms with Crippen molar-refractivity contribution in [1.29, 1.82) is 0 Å². The molecule has 0 heterocycles. The molecule has 0 N–H and O–H groups in total. The molecule has 0 spiro atoms. The fourth-order valence-electron chi connectivity index (χ4n) is 2.60. The fourth-order valence-corrected chi connectivity index (χ4v) is 2.60. The van der Waals surface area contributed by atoms with Gasteiger partial charge in [-0.1, -0.05) is 77.6 Å². The minimum atomic E-state index is -3.02. The van der Waals surface area contributed by atoms with Crippen LogP contribution in [-0.4, -0.2) is 11.9 Å². The number of carbonyl (C=O) groups excluding carboxylic acids is 2. The van der Waals surface area contributed by atoms with E-state index in [1.807, 2.05) is 0 Å². The summed E-state index contributed by atoms with van der Waals surface area (Å²) in [6.07, 6.45) is 13.0. The van der Waals surface area contributed by atoms with Gasteiger partial charge in [0.1, 0.15) is 0 Å². The third-order valence-electron chi connectivity index (χ3n) is 4.03. The molecule has 0 aliphatic rings. The molecule has 6 heteroatoms. The van der Waals surface area contributed by atoms with Crippen molar-refractivity contribution in [3.8, 4) is 0 Å². The van der Waals surface area contributed by atoms with Gasteiger partial charge in [0.05, 0.1) is 11.9 Å². The second-order valence-corrected chi connectivity index (χ2v) is 6.07. The average molecular weight is 373 g/mol. The third kappa shape index (κ3) is 17.8. The van der Waals surface area contributed by atoms with Crippen molar-refractivity contribution in [1.82, 2.24) is 0 Å². The first kappa shape index (κ1) is 23.7. The Kier molecular flexibility index (Phi) is 19.9. The molecule has 0 aliphatic carbocycles. The van der Waals surface area contributed by atoms with Crippen molar-refractivity contribution in [2.75, 3.05) is 0 Å². The van der Waals surface area contributed by atoms with E-state index in [2.05, 4.69) is 6.92 Å².